The predicted octanol–water partition coefficient (Wildman–Crippen LogP) is 2.31. The van der Waals surface area contributed by atoms with Crippen LogP contribution in [0.25, 0.3) is 10.6 Å². The van der Waals surface area contributed by atoms with Gasteiger partial charge in [-0.25, -0.2) is 0 Å². The molecule has 0 atom stereocenters. The number of nitrogens with zero attached hydrogens (tertiary/aromatic N) is 1. The molecule has 3 heteroatoms. The average molecular weight is 204 g/mol. The van der Waals surface area contributed by atoms with E-state index in [1.807, 2.05) is 24.4 Å². The van der Waals surface area contributed by atoms with Gasteiger partial charge in [-0.05, 0) is 37.2 Å². The summed E-state index contributed by atoms with van der Waals surface area (Å²) in [4.78, 5) is 6.85. The summed E-state index contributed by atoms with van der Waals surface area (Å²) in [5.74, 6) is 0. The lowest BCUT2D eigenvalue weighted by Crippen LogP contribution is -2.00. The summed E-state index contributed by atoms with van der Waals surface area (Å²) in [6, 6.07) is 10.2. The van der Waals surface area contributed by atoms with E-state index in [4.69, 9.17) is 5.73 Å². The Hall–Kier alpha value is -1.19. The van der Waals surface area contributed by atoms with E-state index in [-0.39, 0.29) is 0 Å². The van der Waals surface area contributed by atoms with Crippen LogP contribution in [0.3, 0.4) is 0 Å². The molecule has 0 aliphatic rings. The molecule has 0 spiro atoms. The molecule has 0 unspecified atom stereocenters. The number of aromatic nitrogens is 1. The van der Waals surface area contributed by atoms with Gasteiger partial charge in [-0.3, -0.25) is 4.98 Å². The van der Waals surface area contributed by atoms with Crippen LogP contribution in [0.4, 0.5) is 0 Å². The number of rotatable bonds is 3. The summed E-state index contributed by atoms with van der Waals surface area (Å²) in [6.07, 6.45) is 2.77. The van der Waals surface area contributed by atoms with Gasteiger partial charge in [-0.1, -0.05) is 6.07 Å². The lowest BCUT2D eigenvalue weighted by Gasteiger charge is -1.94. The number of hydrogen-bond acceptors (Lipinski definition) is 3. The monoisotopic (exact) mass is 204 g/mol. The molecule has 0 saturated carbocycles. The first-order chi connectivity index (χ1) is 6.90. The smallest absolute Gasteiger partial charge is 0.0801 e. The molecule has 2 rings (SSSR count). The van der Waals surface area contributed by atoms with E-state index in [2.05, 4.69) is 17.1 Å². The van der Waals surface area contributed by atoms with Crippen LogP contribution in [0, 0.1) is 0 Å². The second-order valence-electron chi connectivity index (χ2n) is 3.02. The maximum atomic E-state index is 5.50. The van der Waals surface area contributed by atoms with Crippen molar-refractivity contribution in [3.63, 3.8) is 0 Å². The van der Waals surface area contributed by atoms with Crippen LogP contribution in [0.1, 0.15) is 4.88 Å². The molecule has 0 bridgehead atoms. The zero-order valence-corrected chi connectivity index (χ0v) is 8.63. The SMILES string of the molecule is NCCc1ccc(-c2ccccn2)s1. The molecule has 0 aromatic carbocycles. The Morgan fingerprint density at radius 3 is 2.86 bits per heavy atom. The van der Waals surface area contributed by atoms with Crippen LogP contribution >= 0.6 is 11.3 Å². The van der Waals surface area contributed by atoms with Crippen LogP contribution in [0.2, 0.25) is 0 Å². The third kappa shape index (κ3) is 2.00. The summed E-state index contributed by atoms with van der Waals surface area (Å²) < 4.78 is 0. The van der Waals surface area contributed by atoms with Crippen molar-refractivity contribution in [1.29, 1.82) is 0 Å². The van der Waals surface area contributed by atoms with Gasteiger partial charge in [-0.15, -0.1) is 11.3 Å². The highest BCUT2D eigenvalue weighted by atomic mass is 32.1. The Morgan fingerprint density at radius 2 is 2.14 bits per heavy atom. The Morgan fingerprint density at radius 1 is 1.21 bits per heavy atom. The van der Waals surface area contributed by atoms with E-state index in [0.717, 1.165) is 12.1 Å². The van der Waals surface area contributed by atoms with Gasteiger partial charge in [-0.2, -0.15) is 0 Å². The molecular weight excluding hydrogens is 192 g/mol. The highest BCUT2D eigenvalue weighted by Gasteiger charge is 2.02. The predicted molar refractivity (Wildman–Crippen MR) is 60.3 cm³/mol. The fraction of sp³-hybridized carbons (Fsp3) is 0.182. The molecule has 2 aromatic heterocycles. The van der Waals surface area contributed by atoms with Gasteiger partial charge in [0.05, 0.1) is 10.6 Å². The number of thiophene rings is 1. The van der Waals surface area contributed by atoms with Gasteiger partial charge < -0.3 is 5.73 Å². The summed E-state index contributed by atoms with van der Waals surface area (Å²) in [6.45, 7) is 0.710. The van der Waals surface area contributed by atoms with Crippen molar-refractivity contribution in [3.8, 4) is 10.6 Å². The minimum Gasteiger partial charge on any atom is -0.330 e. The fourth-order valence-electron chi connectivity index (χ4n) is 1.30. The van der Waals surface area contributed by atoms with Gasteiger partial charge in [0.25, 0.3) is 0 Å². The van der Waals surface area contributed by atoms with Gasteiger partial charge in [0, 0.05) is 11.1 Å². The van der Waals surface area contributed by atoms with Crippen LogP contribution in [-0.2, 0) is 6.42 Å². The summed E-state index contributed by atoms with van der Waals surface area (Å²) in [5, 5.41) is 0. The molecule has 0 aliphatic carbocycles. The van der Waals surface area contributed by atoms with E-state index in [0.29, 0.717) is 6.54 Å². The lowest BCUT2D eigenvalue weighted by molar-refractivity contribution is 0.989. The first-order valence-corrected chi connectivity index (χ1v) is 5.42. The third-order valence-corrected chi connectivity index (χ3v) is 3.14. The Labute approximate surface area is 87.4 Å². The highest BCUT2D eigenvalue weighted by molar-refractivity contribution is 7.15. The fourth-order valence-corrected chi connectivity index (χ4v) is 2.30. The molecule has 0 amide bonds. The van der Waals surface area contributed by atoms with Crippen LogP contribution in [-0.4, -0.2) is 11.5 Å². The third-order valence-electron chi connectivity index (χ3n) is 1.97. The number of pyridine rings is 1. The van der Waals surface area contributed by atoms with Gasteiger partial charge in [0.2, 0.25) is 0 Å². The quantitative estimate of drug-likeness (QED) is 0.833. The van der Waals surface area contributed by atoms with Crippen molar-refractivity contribution < 1.29 is 0 Å². The molecule has 0 radical (unpaired) electrons. The lowest BCUT2D eigenvalue weighted by atomic mass is 10.3. The second kappa shape index (κ2) is 4.35. The standard InChI is InChI=1S/C11H12N2S/c12-7-6-9-4-5-11(14-9)10-3-1-2-8-13-10/h1-5,8H,6-7,12H2. The van der Waals surface area contributed by atoms with Crippen molar-refractivity contribution in [3.05, 3.63) is 41.4 Å². The van der Waals surface area contributed by atoms with E-state index in [1.54, 1.807) is 11.3 Å². The topological polar surface area (TPSA) is 38.9 Å². The summed E-state index contributed by atoms with van der Waals surface area (Å²) in [5.41, 5.74) is 6.54. The average Bonchev–Trinajstić information content (AvgIpc) is 2.68. The maximum absolute atomic E-state index is 5.50. The van der Waals surface area contributed by atoms with Gasteiger partial charge in [0.15, 0.2) is 0 Å². The molecular formula is C11H12N2S. The van der Waals surface area contributed by atoms with E-state index in [9.17, 15) is 0 Å². The summed E-state index contributed by atoms with van der Waals surface area (Å²) in [7, 11) is 0. The first-order valence-electron chi connectivity index (χ1n) is 4.60. The second-order valence-corrected chi connectivity index (χ2v) is 4.19. The van der Waals surface area contributed by atoms with Crippen molar-refractivity contribution in [2.75, 3.05) is 6.54 Å². The molecule has 2 N–H and O–H groups in total. The maximum Gasteiger partial charge on any atom is 0.0801 e. The molecule has 0 fully saturated rings. The normalized spacial score (nSPS) is 10.4. The summed E-state index contributed by atoms with van der Waals surface area (Å²) >= 11 is 1.77. The highest BCUT2D eigenvalue weighted by Crippen LogP contribution is 2.26. The van der Waals surface area contributed by atoms with E-state index >= 15 is 0 Å². The van der Waals surface area contributed by atoms with Crippen molar-refractivity contribution in [1.82, 2.24) is 4.98 Å². The Balaban J connectivity index is 2.25. The zero-order valence-electron chi connectivity index (χ0n) is 7.81. The Bertz CT molecular complexity index is 395. The molecule has 2 heterocycles. The minimum atomic E-state index is 0.710. The Kier molecular flexibility index (Phi) is 2.91. The molecule has 14 heavy (non-hydrogen) atoms. The van der Waals surface area contributed by atoms with Crippen molar-refractivity contribution >= 4 is 11.3 Å². The number of nitrogens with two attached hydrogens (primary N) is 1. The zero-order chi connectivity index (χ0) is 9.80. The largest absolute Gasteiger partial charge is 0.330 e. The van der Waals surface area contributed by atoms with Gasteiger partial charge in [0.1, 0.15) is 0 Å². The van der Waals surface area contributed by atoms with Gasteiger partial charge >= 0.3 is 0 Å². The molecule has 0 aliphatic heterocycles. The molecule has 2 nitrogen and oxygen atoms in total. The number of hydrogen-bond donors (Lipinski definition) is 1. The van der Waals surface area contributed by atoms with Crippen LogP contribution in [0.5, 0.6) is 0 Å². The van der Waals surface area contributed by atoms with Crippen molar-refractivity contribution in [2.45, 2.75) is 6.42 Å². The molecule has 2 aromatic rings. The molecule has 72 valence electrons. The van der Waals surface area contributed by atoms with Crippen molar-refractivity contribution in [2.24, 2.45) is 5.73 Å². The van der Waals surface area contributed by atoms with E-state index < -0.39 is 0 Å². The first kappa shape index (κ1) is 9.37. The van der Waals surface area contributed by atoms with E-state index in [1.165, 1.54) is 9.75 Å². The minimum absolute atomic E-state index is 0.710. The van der Waals surface area contributed by atoms with Crippen LogP contribution in [0.15, 0.2) is 36.5 Å². The molecule has 0 saturated heterocycles. The van der Waals surface area contributed by atoms with Crippen LogP contribution < -0.4 is 5.73 Å².